The first kappa shape index (κ1) is 20.5. The summed E-state index contributed by atoms with van der Waals surface area (Å²) < 4.78 is 14.6. The van der Waals surface area contributed by atoms with Gasteiger partial charge in [-0.1, -0.05) is 30.3 Å². The van der Waals surface area contributed by atoms with Crippen LogP contribution in [0.4, 0.5) is 10.1 Å². The summed E-state index contributed by atoms with van der Waals surface area (Å²) in [4.78, 5) is 15.1. The molecule has 7 nitrogen and oxygen atoms in total. The van der Waals surface area contributed by atoms with E-state index in [1.54, 1.807) is 6.07 Å². The van der Waals surface area contributed by atoms with Crippen molar-refractivity contribution < 1.29 is 9.18 Å². The molecule has 0 aliphatic carbocycles. The number of aryl methyl sites for hydroxylation is 1. The smallest absolute Gasteiger partial charge is 0.243 e. The van der Waals surface area contributed by atoms with Gasteiger partial charge in [-0.25, -0.2) is 20.3 Å². The lowest BCUT2D eigenvalue weighted by Crippen LogP contribution is -2.60. The van der Waals surface area contributed by atoms with Gasteiger partial charge < -0.3 is 5.73 Å². The Kier molecular flexibility index (Phi) is 5.27. The van der Waals surface area contributed by atoms with Gasteiger partial charge in [0, 0.05) is 31.6 Å². The quantitative estimate of drug-likeness (QED) is 0.597. The number of fused-ring (bicyclic) bond motifs is 2. The molecule has 5 N–H and O–H groups in total. The van der Waals surface area contributed by atoms with E-state index in [0.29, 0.717) is 12.2 Å². The van der Waals surface area contributed by atoms with E-state index in [0.717, 1.165) is 24.1 Å². The highest BCUT2D eigenvalue weighted by Crippen LogP contribution is 2.35. The Labute approximate surface area is 181 Å². The summed E-state index contributed by atoms with van der Waals surface area (Å²) >= 11 is 0. The van der Waals surface area contributed by atoms with Crippen molar-refractivity contribution in [3.05, 3.63) is 64.5 Å². The van der Waals surface area contributed by atoms with Crippen molar-refractivity contribution in [1.82, 2.24) is 21.2 Å². The monoisotopic (exact) mass is 424 g/mol. The number of hydrogen-bond acceptors (Lipinski definition) is 6. The number of benzene rings is 2. The Balaban J connectivity index is 1.46. The van der Waals surface area contributed by atoms with Gasteiger partial charge in [0.2, 0.25) is 5.91 Å². The fourth-order valence-electron chi connectivity index (χ4n) is 5.18. The number of rotatable bonds is 3. The summed E-state index contributed by atoms with van der Waals surface area (Å²) in [6.07, 6.45) is 1.30. The molecule has 0 spiro atoms. The number of amides is 1. The van der Waals surface area contributed by atoms with Crippen LogP contribution in [0.15, 0.2) is 36.4 Å². The summed E-state index contributed by atoms with van der Waals surface area (Å²) in [5.41, 5.74) is 20.8. The number of carbonyl (C=O) groups is 1. The van der Waals surface area contributed by atoms with Gasteiger partial charge >= 0.3 is 0 Å². The fourth-order valence-corrected chi connectivity index (χ4v) is 5.18. The minimum atomic E-state index is -0.405. The van der Waals surface area contributed by atoms with Crippen LogP contribution in [0.1, 0.15) is 40.8 Å². The minimum absolute atomic E-state index is 0.0661. The Morgan fingerprint density at radius 1 is 1.23 bits per heavy atom. The van der Waals surface area contributed by atoms with Gasteiger partial charge in [0.25, 0.3) is 0 Å². The van der Waals surface area contributed by atoms with E-state index >= 15 is 0 Å². The Bertz CT molecular complexity index is 993. The Hall–Kier alpha value is -2.36. The number of halogens is 1. The molecule has 0 radical (unpaired) electrons. The van der Waals surface area contributed by atoms with E-state index in [9.17, 15) is 9.18 Å². The molecule has 2 fully saturated rings. The molecule has 4 atom stereocenters. The van der Waals surface area contributed by atoms with E-state index in [2.05, 4.69) is 46.4 Å². The van der Waals surface area contributed by atoms with Gasteiger partial charge in [-0.2, -0.15) is 0 Å². The van der Waals surface area contributed by atoms with Crippen LogP contribution in [0.5, 0.6) is 0 Å². The van der Waals surface area contributed by atoms with Gasteiger partial charge in [0.1, 0.15) is 5.82 Å². The van der Waals surface area contributed by atoms with Gasteiger partial charge in [-0.15, -0.1) is 0 Å². The fraction of sp³-hybridized carbons (Fsp3) is 0.435. The third-order valence-electron chi connectivity index (χ3n) is 6.93. The first-order valence-corrected chi connectivity index (χ1v) is 10.9. The molecule has 0 bridgehead atoms. The highest BCUT2D eigenvalue weighted by Gasteiger charge is 2.44. The lowest BCUT2D eigenvalue weighted by Gasteiger charge is -2.38. The number of anilines is 1. The zero-order chi connectivity index (χ0) is 21.7. The number of hydrazine groups is 2. The molecule has 31 heavy (non-hydrogen) atoms. The predicted octanol–water partition coefficient (Wildman–Crippen LogP) is 1.45. The average molecular weight is 425 g/mol. The lowest BCUT2D eigenvalue weighted by atomic mass is 9.87. The van der Waals surface area contributed by atoms with Crippen LogP contribution in [0.2, 0.25) is 0 Å². The summed E-state index contributed by atoms with van der Waals surface area (Å²) in [6, 6.07) is 11.4. The van der Waals surface area contributed by atoms with Crippen molar-refractivity contribution in [3.8, 4) is 0 Å². The molecule has 3 heterocycles. The molecule has 0 aromatic heterocycles. The lowest BCUT2D eigenvalue weighted by molar-refractivity contribution is -0.121. The van der Waals surface area contributed by atoms with Crippen molar-refractivity contribution in [1.29, 1.82) is 0 Å². The van der Waals surface area contributed by atoms with Crippen molar-refractivity contribution >= 4 is 11.6 Å². The van der Waals surface area contributed by atoms with E-state index in [1.165, 1.54) is 22.2 Å². The van der Waals surface area contributed by atoms with Gasteiger partial charge in [-0.3, -0.25) is 15.1 Å². The molecule has 4 unspecified atom stereocenters. The summed E-state index contributed by atoms with van der Waals surface area (Å²) in [6.45, 7) is 3.39. The van der Waals surface area contributed by atoms with Crippen molar-refractivity contribution in [2.45, 2.75) is 43.9 Å². The van der Waals surface area contributed by atoms with E-state index in [1.807, 2.05) is 13.0 Å². The third-order valence-corrected chi connectivity index (χ3v) is 6.93. The van der Waals surface area contributed by atoms with Gasteiger partial charge in [0.15, 0.2) is 0 Å². The SMILES string of the molecule is Cc1cccc(F)c1N1NC2C(CC1=O)NNC2c1ccc2c(c1)C(CN)N(C)CC2. The average Bonchev–Trinajstić information content (AvgIpc) is 3.16. The van der Waals surface area contributed by atoms with E-state index < -0.39 is 5.82 Å². The van der Waals surface area contributed by atoms with Gasteiger partial charge in [-0.05, 0) is 48.7 Å². The molecule has 164 valence electrons. The second-order valence-electron chi connectivity index (χ2n) is 8.81. The van der Waals surface area contributed by atoms with Crippen LogP contribution in [0.25, 0.3) is 0 Å². The highest BCUT2D eigenvalue weighted by molar-refractivity contribution is 5.94. The zero-order valence-electron chi connectivity index (χ0n) is 17.9. The number of carbonyl (C=O) groups excluding carboxylic acids is 1. The maximum Gasteiger partial charge on any atom is 0.243 e. The molecule has 0 saturated carbocycles. The minimum Gasteiger partial charge on any atom is -0.329 e. The van der Waals surface area contributed by atoms with Crippen LogP contribution in [0, 0.1) is 12.7 Å². The molecule has 8 heteroatoms. The first-order valence-electron chi connectivity index (χ1n) is 10.9. The Morgan fingerprint density at radius 2 is 2.06 bits per heavy atom. The molecular formula is C23H29FN6O. The highest BCUT2D eigenvalue weighted by atomic mass is 19.1. The molecular weight excluding hydrogens is 395 g/mol. The summed E-state index contributed by atoms with van der Waals surface area (Å²) in [7, 11) is 2.11. The van der Waals surface area contributed by atoms with E-state index in [4.69, 9.17) is 5.73 Å². The van der Waals surface area contributed by atoms with Crippen LogP contribution in [0.3, 0.4) is 0 Å². The second kappa shape index (κ2) is 7.96. The third kappa shape index (κ3) is 3.44. The normalized spacial score (nSPS) is 28.5. The van der Waals surface area contributed by atoms with Crippen LogP contribution < -0.4 is 27.0 Å². The number of hydrogen-bond donors (Lipinski definition) is 4. The van der Waals surface area contributed by atoms with Crippen molar-refractivity contribution in [2.75, 3.05) is 25.1 Å². The predicted molar refractivity (Wildman–Crippen MR) is 118 cm³/mol. The van der Waals surface area contributed by atoms with Crippen LogP contribution in [-0.4, -0.2) is 43.0 Å². The largest absolute Gasteiger partial charge is 0.329 e. The zero-order valence-corrected chi connectivity index (χ0v) is 17.9. The summed E-state index contributed by atoms with van der Waals surface area (Å²) in [5, 5.41) is 1.39. The Morgan fingerprint density at radius 3 is 2.84 bits per heavy atom. The number of nitrogens with one attached hydrogen (secondary N) is 3. The number of likely N-dealkylation sites (N-methyl/N-ethyl adjacent to an activating group) is 1. The topological polar surface area (TPSA) is 85.7 Å². The van der Waals surface area contributed by atoms with Crippen molar-refractivity contribution in [3.63, 3.8) is 0 Å². The molecule has 1 amide bonds. The number of para-hydroxylation sites is 1. The summed E-state index contributed by atoms with van der Waals surface area (Å²) in [5.74, 6) is -0.558. The number of nitrogens with zero attached hydrogens (tertiary/aromatic N) is 2. The van der Waals surface area contributed by atoms with Crippen LogP contribution >= 0.6 is 0 Å². The van der Waals surface area contributed by atoms with Crippen molar-refractivity contribution in [2.24, 2.45) is 5.73 Å². The molecule has 2 aromatic carbocycles. The molecule has 2 aromatic rings. The van der Waals surface area contributed by atoms with Crippen LogP contribution in [-0.2, 0) is 11.2 Å². The number of nitrogens with two attached hydrogens (primary N) is 1. The standard InChI is InChI=1S/C23H29FN6O/c1-13-4-3-5-17(24)23(13)30-20(31)11-18-22(28-30)21(27-26-18)15-7-6-14-8-9-29(2)19(12-25)16(14)10-15/h3-7,10,18-19,21-22,26-28H,8-9,11-12,25H2,1-2H3. The van der Waals surface area contributed by atoms with Gasteiger partial charge in [0.05, 0.1) is 17.8 Å². The maximum absolute atomic E-state index is 14.6. The molecule has 5 rings (SSSR count). The molecule has 2 saturated heterocycles. The first-order chi connectivity index (χ1) is 15.0. The maximum atomic E-state index is 14.6. The van der Waals surface area contributed by atoms with E-state index in [-0.39, 0.29) is 36.5 Å². The second-order valence-corrected chi connectivity index (χ2v) is 8.81. The molecule has 3 aliphatic heterocycles. The molecule has 3 aliphatic rings.